The molecule has 0 aliphatic heterocycles. The maximum atomic E-state index is 13.3. The van der Waals surface area contributed by atoms with E-state index in [0.29, 0.717) is 0 Å². The van der Waals surface area contributed by atoms with Crippen LogP contribution in [0, 0.1) is 0 Å². The molecular weight excluding hydrogens is 410 g/mol. The number of H-pyrrole nitrogens is 1. The average Bonchev–Trinajstić information content (AvgIpc) is 2.73. The van der Waals surface area contributed by atoms with Gasteiger partial charge in [-0.05, 0) is 17.7 Å². The Labute approximate surface area is 176 Å². The van der Waals surface area contributed by atoms with E-state index < -0.39 is 17.2 Å². The van der Waals surface area contributed by atoms with Crippen molar-refractivity contribution in [1.29, 1.82) is 0 Å². The zero-order valence-electron chi connectivity index (χ0n) is 16.2. The normalized spacial score (nSPS) is 10.7. The molecule has 0 fully saturated rings. The summed E-state index contributed by atoms with van der Waals surface area (Å²) in [7, 11) is 1.48. The highest BCUT2D eigenvalue weighted by atomic mass is 35.5. The van der Waals surface area contributed by atoms with Gasteiger partial charge in [-0.1, -0.05) is 41.9 Å². The van der Waals surface area contributed by atoms with Crippen molar-refractivity contribution in [1.82, 2.24) is 14.5 Å². The minimum Gasteiger partial charge on any atom is -0.383 e. The SMILES string of the molecule is COCCn1c(N)c(N(Cc2ccccc2)C(=O)c2ccc(Cl)nc2)c(=O)[nH]c1=O. The number of nitrogens with zero attached hydrogens (tertiary/aromatic N) is 3. The molecule has 0 aliphatic rings. The zero-order valence-corrected chi connectivity index (χ0v) is 16.9. The van der Waals surface area contributed by atoms with E-state index in [1.807, 2.05) is 30.3 Å². The molecule has 10 heteroatoms. The van der Waals surface area contributed by atoms with Crippen LogP contribution in [0.5, 0.6) is 0 Å². The van der Waals surface area contributed by atoms with Crippen molar-refractivity contribution in [2.45, 2.75) is 13.1 Å². The van der Waals surface area contributed by atoms with Gasteiger partial charge in [-0.15, -0.1) is 0 Å². The van der Waals surface area contributed by atoms with E-state index in [4.69, 9.17) is 22.1 Å². The number of aromatic amines is 1. The molecule has 1 amide bonds. The van der Waals surface area contributed by atoms with Crippen LogP contribution in [-0.4, -0.2) is 34.2 Å². The molecule has 0 radical (unpaired) electrons. The third-order valence-corrected chi connectivity index (χ3v) is 4.63. The molecule has 156 valence electrons. The molecule has 3 aromatic rings. The lowest BCUT2D eigenvalue weighted by Crippen LogP contribution is -2.41. The van der Waals surface area contributed by atoms with E-state index in [9.17, 15) is 14.4 Å². The summed E-state index contributed by atoms with van der Waals surface area (Å²) in [6, 6.07) is 12.1. The Bertz CT molecular complexity index is 1140. The molecule has 30 heavy (non-hydrogen) atoms. The summed E-state index contributed by atoms with van der Waals surface area (Å²) in [5.74, 6) is -0.649. The first kappa shape index (κ1) is 21.3. The summed E-state index contributed by atoms with van der Waals surface area (Å²) >= 11 is 5.82. The van der Waals surface area contributed by atoms with E-state index in [0.717, 1.165) is 10.1 Å². The molecule has 0 atom stereocenters. The van der Waals surface area contributed by atoms with Gasteiger partial charge in [0.1, 0.15) is 11.0 Å². The number of aromatic nitrogens is 3. The number of hydrogen-bond donors (Lipinski definition) is 2. The number of amides is 1. The van der Waals surface area contributed by atoms with Gasteiger partial charge in [0.2, 0.25) is 0 Å². The first-order valence-corrected chi connectivity index (χ1v) is 9.39. The number of halogens is 1. The lowest BCUT2D eigenvalue weighted by atomic mass is 10.1. The molecule has 0 saturated heterocycles. The highest BCUT2D eigenvalue weighted by molar-refractivity contribution is 6.29. The van der Waals surface area contributed by atoms with Gasteiger partial charge in [0, 0.05) is 13.3 Å². The molecule has 0 saturated carbocycles. The second kappa shape index (κ2) is 9.38. The number of nitrogen functional groups attached to an aromatic ring is 1. The second-order valence-electron chi connectivity index (χ2n) is 6.38. The number of anilines is 2. The van der Waals surface area contributed by atoms with Gasteiger partial charge in [0.25, 0.3) is 11.5 Å². The van der Waals surface area contributed by atoms with Crippen LogP contribution < -0.4 is 21.9 Å². The number of ether oxygens (including phenoxy) is 1. The fourth-order valence-corrected chi connectivity index (χ4v) is 3.03. The summed E-state index contributed by atoms with van der Waals surface area (Å²) < 4.78 is 6.16. The maximum absolute atomic E-state index is 13.3. The molecule has 0 aliphatic carbocycles. The van der Waals surface area contributed by atoms with Crippen LogP contribution in [0.4, 0.5) is 11.5 Å². The highest BCUT2D eigenvalue weighted by Crippen LogP contribution is 2.22. The summed E-state index contributed by atoms with van der Waals surface area (Å²) in [4.78, 5) is 45.6. The van der Waals surface area contributed by atoms with Gasteiger partial charge in [0.05, 0.1) is 25.3 Å². The zero-order chi connectivity index (χ0) is 21.7. The van der Waals surface area contributed by atoms with Crippen LogP contribution >= 0.6 is 11.6 Å². The smallest absolute Gasteiger partial charge is 0.330 e. The minimum absolute atomic E-state index is 0.0536. The Hall–Kier alpha value is -3.43. The first-order valence-electron chi connectivity index (χ1n) is 9.01. The van der Waals surface area contributed by atoms with Crippen LogP contribution in [0.3, 0.4) is 0 Å². The minimum atomic E-state index is -0.766. The summed E-state index contributed by atoms with van der Waals surface area (Å²) in [6.45, 7) is 0.363. The number of carbonyl (C=O) groups is 1. The van der Waals surface area contributed by atoms with Crippen molar-refractivity contribution in [2.75, 3.05) is 24.4 Å². The third-order valence-electron chi connectivity index (χ3n) is 4.41. The Morgan fingerprint density at radius 1 is 1.23 bits per heavy atom. The molecule has 9 nitrogen and oxygen atoms in total. The number of benzene rings is 1. The van der Waals surface area contributed by atoms with E-state index >= 15 is 0 Å². The summed E-state index contributed by atoms with van der Waals surface area (Å²) in [6.07, 6.45) is 1.31. The number of methoxy groups -OCH3 is 1. The largest absolute Gasteiger partial charge is 0.383 e. The summed E-state index contributed by atoms with van der Waals surface area (Å²) in [5, 5.41) is 0.228. The molecule has 3 rings (SSSR count). The van der Waals surface area contributed by atoms with Crippen molar-refractivity contribution in [3.05, 3.63) is 85.8 Å². The second-order valence-corrected chi connectivity index (χ2v) is 6.77. The van der Waals surface area contributed by atoms with Crippen molar-refractivity contribution in [3.8, 4) is 0 Å². The van der Waals surface area contributed by atoms with Gasteiger partial charge in [0.15, 0.2) is 5.69 Å². The maximum Gasteiger partial charge on any atom is 0.330 e. The highest BCUT2D eigenvalue weighted by Gasteiger charge is 2.25. The number of carbonyl (C=O) groups excluding carboxylic acids is 1. The number of pyridine rings is 1. The monoisotopic (exact) mass is 429 g/mol. The molecule has 1 aromatic carbocycles. The molecule has 2 heterocycles. The number of hydrogen-bond acceptors (Lipinski definition) is 6. The lowest BCUT2D eigenvalue weighted by Gasteiger charge is -2.24. The van der Waals surface area contributed by atoms with Crippen molar-refractivity contribution < 1.29 is 9.53 Å². The Morgan fingerprint density at radius 2 is 1.97 bits per heavy atom. The van der Waals surface area contributed by atoms with Gasteiger partial charge in [-0.25, -0.2) is 9.78 Å². The first-order chi connectivity index (χ1) is 14.4. The van der Waals surface area contributed by atoms with Gasteiger partial charge < -0.3 is 10.5 Å². The predicted molar refractivity (Wildman–Crippen MR) is 114 cm³/mol. The predicted octanol–water partition coefficient (Wildman–Crippen LogP) is 1.66. The number of nitrogens with two attached hydrogens (primary N) is 1. The van der Waals surface area contributed by atoms with E-state index in [1.165, 1.54) is 30.3 Å². The van der Waals surface area contributed by atoms with E-state index in [1.54, 1.807) is 0 Å². The Balaban J connectivity index is 2.14. The van der Waals surface area contributed by atoms with E-state index in [-0.39, 0.29) is 41.9 Å². The Kier molecular flexibility index (Phi) is 6.65. The number of rotatable bonds is 7. The van der Waals surface area contributed by atoms with Gasteiger partial charge in [-0.3, -0.25) is 24.0 Å². The third kappa shape index (κ3) is 4.58. The average molecular weight is 430 g/mol. The van der Waals surface area contributed by atoms with Crippen molar-refractivity contribution in [2.24, 2.45) is 0 Å². The number of nitrogens with one attached hydrogen (secondary N) is 1. The quantitative estimate of drug-likeness (QED) is 0.550. The molecule has 2 aromatic heterocycles. The Morgan fingerprint density at radius 3 is 2.60 bits per heavy atom. The van der Waals surface area contributed by atoms with Crippen LogP contribution in [0.1, 0.15) is 15.9 Å². The van der Waals surface area contributed by atoms with Gasteiger partial charge in [-0.2, -0.15) is 0 Å². The molecular formula is C20H20ClN5O4. The van der Waals surface area contributed by atoms with Crippen LogP contribution in [0.25, 0.3) is 0 Å². The molecule has 0 bridgehead atoms. The van der Waals surface area contributed by atoms with Gasteiger partial charge >= 0.3 is 5.69 Å². The van der Waals surface area contributed by atoms with Crippen LogP contribution in [0.15, 0.2) is 58.3 Å². The topological polar surface area (TPSA) is 123 Å². The molecule has 3 N–H and O–H groups in total. The standard InChI is InChI=1S/C20H20ClN5O4/c1-30-10-9-25-17(22)16(18(27)24-20(25)29)26(12-13-5-3-2-4-6-13)19(28)14-7-8-15(21)23-11-14/h2-8,11H,9-10,12,22H2,1H3,(H,24,27,29). The lowest BCUT2D eigenvalue weighted by molar-refractivity contribution is 0.0984. The fourth-order valence-electron chi connectivity index (χ4n) is 2.92. The van der Waals surface area contributed by atoms with E-state index in [2.05, 4.69) is 9.97 Å². The van der Waals surface area contributed by atoms with Crippen LogP contribution in [0.2, 0.25) is 5.15 Å². The van der Waals surface area contributed by atoms with Crippen molar-refractivity contribution >= 4 is 29.0 Å². The van der Waals surface area contributed by atoms with Crippen LogP contribution in [-0.2, 0) is 17.8 Å². The van der Waals surface area contributed by atoms with Crippen molar-refractivity contribution in [3.63, 3.8) is 0 Å². The summed E-state index contributed by atoms with van der Waals surface area (Å²) in [5.41, 5.74) is 5.58. The fraction of sp³-hybridized carbons (Fsp3) is 0.200. The molecule has 0 unspecified atom stereocenters. The molecule has 0 spiro atoms.